The van der Waals surface area contributed by atoms with Crippen LogP contribution in [0.1, 0.15) is 25.0 Å². The number of rotatable bonds is 8. The molecule has 5 nitrogen and oxygen atoms in total. The minimum absolute atomic E-state index is 0.0876. The van der Waals surface area contributed by atoms with Crippen LogP contribution >= 0.6 is 0 Å². The van der Waals surface area contributed by atoms with Crippen molar-refractivity contribution in [2.75, 3.05) is 18.5 Å². The van der Waals surface area contributed by atoms with E-state index in [2.05, 4.69) is 10.6 Å². The summed E-state index contributed by atoms with van der Waals surface area (Å²) in [6, 6.07) is 15.2. The molecule has 0 saturated heterocycles. The van der Waals surface area contributed by atoms with Gasteiger partial charge in [0.1, 0.15) is 5.75 Å². The fourth-order valence-corrected chi connectivity index (χ4v) is 2.45. The highest BCUT2D eigenvalue weighted by molar-refractivity contribution is 5.95. The molecular formula is C20H24N2O3. The predicted octanol–water partition coefficient (Wildman–Crippen LogP) is 2.95. The molecule has 5 heteroatoms. The molecular weight excluding hydrogens is 316 g/mol. The van der Waals surface area contributed by atoms with Crippen molar-refractivity contribution < 1.29 is 14.3 Å². The molecule has 0 saturated carbocycles. The van der Waals surface area contributed by atoms with Crippen molar-refractivity contribution in [1.82, 2.24) is 5.32 Å². The molecule has 2 aromatic carbocycles. The summed E-state index contributed by atoms with van der Waals surface area (Å²) < 4.78 is 5.53. The third-order valence-electron chi connectivity index (χ3n) is 3.83. The lowest BCUT2D eigenvalue weighted by Gasteiger charge is -2.12. The van der Waals surface area contributed by atoms with Gasteiger partial charge in [-0.15, -0.1) is 0 Å². The number of amides is 2. The molecule has 0 aromatic heterocycles. The molecule has 2 amide bonds. The van der Waals surface area contributed by atoms with Crippen molar-refractivity contribution in [2.45, 2.75) is 26.7 Å². The fourth-order valence-electron chi connectivity index (χ4n) is 2.45. The van der Waals surface area contributed by atoms with Crippen molar-refractivity contribution in [3.05, 3.63) is 59.7 Å². The maximum Gasteiger partial charge on any atom is 0.258 e. The summed E-state index contributed by atoms with van der Waals surface area (Å²) in [7, 11) is 0. The van der Waals surface area contributed by atoms with Gasteiger partial charge in [0.25, 0.3) is 5.91 Å². The standard InChI is InChI=1S/C20H24N2O3/c1-3-15-9-5-7-11-17(15)22-19(23)13-21-20(24)14-25-18-12-8-6-10-16(18)4-2/h5-12H,3-4,13-14H2,1-2H3,(H,21,24)(H,22,23). The number of benzene rings is 2. The summed E-state index contributed by atoms with van der Waals surface area (Å²) in [5, 5.41) is 5.39. The topological polar surface area (TPSA) is 67.4 Å². The van der Waals surface area contributed by atoms with Crippen molar-refractivity contribution >= 4 is 17.5 Å². The maximum absolute atomic E-state index is 12.0. The predicted molar refractivity (Wildman–Crippen MR) is 98.8 cm³/mol. The van der Waals surface area contributed by atoms with Crippen LogP contribution in [-0.2, 0) is 22.4 Å². The second-order valence-electron chi connectivity index (χ2n) is 5.59. The molecule has 0 unspecified atom stereocenters. The SMILES string of the molecule is CCc1ccccc1NC(=O)CNC(=O)COc1ccccc1CC. The van der Waals surface area contributed by atoms with Gasteiger partial charge in [-0.05, 0) is 36.1 Å². The molecule has 0 bridgehead atoms. The largest absolute Gasteiger partial charge is 0.483 e. The van der Waals surface area contributed by atoms with E-state index in [-0.39, 0.29) is 25.0 Å². The number of carbonyl (C=O) groups is 2. The minimum Gasteiger partial charge on any atom is -0.483 e. The summed E-state index contributed by atoms with van der Waals surface area (Å²) in [4.78, 5) is 23.9. The Morgan fingerprint density at radius 1 is 0.880 bits per heavy atom. The molecule has 2 aromatic rings. The average Bonchev–Trinajstić information content (AvgIpc) is 2.65. The molecule has 0 aliphatic carbocycles. The Morgan fingerprint density at radius 2 is 1.52 bits per heavy atom. The zero-order valence-electron chi connectivity index (χ0n) is 14.7. The summed E-state index contributed by atoms with van der Waals surface area (Å²) in [5.41, 5.74) is 2.88. The number of carbonyl (C=O) groups excluding carboxylic acids is 2. The zero-order valence-corrected chi connectivity index (χ0v) is 14.7. The summed E-state index contributed by atoms with van der Waals surface area (Å²) in [6.07, 6.45) is 1.66. The van der Waals surface area contributed by atoms with Gasteiger partial charge in [0.05, 0.1) is 6.54 Å². The van der Waals surface area contributed by atoms with Gasteiger partial charge in [-0.3, -0.25) is 9.59 Å². The monoisotopic (exact) mass is 340 g/mol. The van der Waals surface area contributed by atoms with Gasteiger partial charge in [0.2, 0.25) is 5.91 Å². The number of hydrogen-bond acceptors (Lipinski definition) is 3. The van der Waals surface area contributed by atoms with Crippen molar-refractivity contribution in [2.24, 2.45) is 0 Å². The van der Waals surface area contributed by atoms with E-state index in [1.165, 1.54) is 0 Å². The number of aryl methyl sites for hydroxylation is 2. The maximum atomic E-state index is 12.0. The number of ether oxygens (including phenoxy) is 1. The molecule has 2 rings (SSSR count). The first kappa shape index (κ1) is 18.5. The number of nitrogens with one attached hydrogen (secondary N) is 2. The first-order valence-corrected chi connectivity index (χ1v) is 8.49. The zero-order chi connectivity index (χ0) is 18.1. The van der Waals surface area contributed by atoms with Crippen LogP contribution in [0, 0.1) is 0 Å². The Hall–Kier alpha value is -2.82. The normalized spacial score (nSPS) is 10.2. The highest BCUT2D eigenvalue weighted by atomic mass is 16.5. The lowest BCUT2D eigenvalue weighted by Crippen LogP contribution is -2.36. The summed E-state index contributed by atoms with van der Waals surface area (Å²) >= 11 is 0. The molecule has 0 radical (unpaired) electrons. The van der Waals surface area contributed by atoms with Gasteiger partial charge in [-0.25, -0.2) is 0 Å². The van der Waals surface area contributed by atoms with E-state index >= 15 is 0 Å². The average molecular weight is 340 g/mol. The second-order valence-corrected chi connectivity index (χ2v) is 5.59. The highest BCUT2D eigenvalue weighted by Crippen LogP contribution is 2.18. The molecule has 132 valence electrons. The lowest BCUT2D eigenvalue weighted by molar-refractivity contribution is -0.125. The van der Waals surface area contributed by atoms with Crippen molar-refractivity contribution in [1.29, 1.82) is 0 Å². The van der Waals surface area contributed by atoms with E-state index in [4.69, 9.17) is 4.74 Å². The van der Waals surface area contributed by atoms with Gasteiger partial charge in [0.15, 0.2) is 6.61 Å². The Balaban J connectivity index is 1.78. The quantitative estimate of drug-likeness (QED) is 0.776. The van der Waals surface area contributed by atoms with Crippen LogP contribution in [0.4, 0.5) is 5.69 Å². The van der Waals surface area contributed by atoms with Crippen LogP contribution in [0.15, 0.2) is 48.5 Å². The van der Waals surface area contributed by atoms with E-state index in [1.807, 2.05) is 62.4 Å². The molecule has 0 fully saturated rings. The number of anilines is 1. The van der Waals surface area contributed by atoms with E-state index in [0.29, 0.717) is 5.75 Å². The fraction of sp³-hybridized carbons (Fsp3) is 0.300. The number of hydrogen-bond donors (Lipinski definition) is 2. The van der Waals surface area contributed by atoms with Gasteiger partial charge >= 0.3 is 0 Å². The van der Waals surface area contributed by atoms with Crippen LogP contribution in [0.25, 0.3) is 0 Å². The van der Waals surface area contributed by atoms with Crippen molar-refractivity contribution in [3.8, 4) is 5.75 Å². The first-order chi connectivity index (χ1) is 12.1. The Labute approximate surface area is 148 Å². The first-order valence-electron chi connectivity index (χ1n) is 8.49. The van der Waals surface area contributed by atoms with Crippen molar-refractivity contribution in [3.63, 3.8) is 0 Å². The van der Waals surface area contributed by atoms with Crippen LogP contribution in [0.2, 0.25) is 0 Å². The van der Waals surface area contributed by atoms with Crippen LogP contribution in [0.3, 0.4) is 0 Å². The van der Waals surface area contributed by atoms with Gasteiger partial charge in [0, 0.05) is 5.69 Å². The van der Waals surface area contributed by atoms with Gasteiger partial charge in [-0.1, -0.05) is 50.2 Å². The molecule has 0 aliphatic rings. The van der Waals surface area contributed by atoms with E-state index in [1.54, 1.807) is 0 Å². The Morgan fingerprint density at radius 3 is 2.24 bits per heavy atom. The second kappa shape index (κ2) is 9.47. The third-order valence-corrected chi connectivity index (χ3v) is 3.83. The summed E-state index contributed by atoms with van der Waals surface area (Å²) in [5.74, 6) is 0.106. The van der Waals surface area contributed by atoms with Gasteiger partial charge in [-0.2, -0.15) is 0 Å². The third kappa shape index (κ3) is 5.64. The van der Waals surface area contributed by atoms with E-state index in [9.17, 15) is 9.59 Å². The Bertz CT molecular complexity index is 728. The summed E-state index contributed by atoms with van der Waals surface area (Å²) in [6.45, 7) is 3.85. The lowest BCUT2D eigenvalue weighted by atomic mass is 10.1. The molecule has 25 heavy (non-hydrogen) atoms. The van der Waals surface area contributed by atoms with Gasteiger partial charge < -0.3 is 15.4 Å². The highest BCUT2D eigenvalue weighted by Gasteiger charge is 2.09. The Kier molecular flexibility index (Phi) is 7.01. The number of para-hydroxylation sites is 2. The van der Waals surface area contributed by atoms with Crippen LogP contribution < -0.4 is 15.4 Å². The molecule has 2 N–H and O–H groups in total. The van der Waals surface area contributed by atoms with E-state index in [0.717, 1.165) is 29.7 Å². The molecule has 0 atom stereocenters. The molecule has 0 spiro atoms. The van der Waals surface area contributed by atoms with Crippen LogP contribution in [-0.4, -0.2) is 25.0 Å². The molecule has 0 aliphatic heterocycles. The van der Waals surface area contributed by atoms with Crippen LogP contribution in [0.5, 0.6) is 5.75 Å². The molecule has 0 heterocycles. The smallest absolute Gasteiger partial charge is 0.258 e. The van der Waals surface area contributed by atoms with E-state index < -0.39 is 0 Å². The minimum atomic E-state index is -0.329.